The molecule has 4 aliphatic rings. The largest absolute Gasteiger partial charge is 0.480 e. The second-order valence-corrected chi connectivity index (χ2v) is 3.92. The third-order valence-corrected chi connectivity index (χ3v) is 3.76. The second-order valence-electron chi connectivity index (χ2n) is 3.92. The van der Waals surface area contributed by atoms with E-state index in [2.05, 4.69) is 0 Å². The maximum Gasteiger partial charge on any atom is 0.317 e. The van der Waals surface area contributed by atoms with Crippen LogP contribution in [0.3, 0.4) is 0 Å². The highest BCUT2D eigenvalue weighted by atomic mass is 16.4. The number of carboxylic acids is 1. The van der Waals surface area contributed by atoms with Crippen molar-refractivity contribution in [2.75, 3.05) is 0 Å². The average Bonchev–Trinajstić information content (AvgIpc) is 2.33. The standard InChI is InChI=1S/C8H8O3/c9-6-3-1-4-5(2-3)8(4,6)7(10)11/h3-5H,1-2H2,(H,10,11). The Kier molecular flexibility index (Phi) is 0.646. The molecular formula is C8H8O3. The van der Waals surface area contributed by atoms with E-state index in [0.29, 0.717) is 0 Å². The molecule has 4 aliphatic carbocycles. The lowest BCUT2D eigenvalue weighted by Crippen LogP contribution is -2.24. The van der Waals surface area contributed by atoms with Crippen molar-refractivity contribution in [3.63, 3.8) is 0 Å². The van der Waals surface area contributed by atoms with E-state index in [4.69, 9.17) is 5.11 Å². The van der Waals surface area contributed by atoms with Crippen LogP contribution in [0.1, 0.15) is 12.8 Å². The SMILES string of the molecule is O=C(O)C12C(=O)C3CC1C2C3. The summed E-state index contributed by atoms with van der Waals surface area (Å²) in [5.41, 5.74) is -0.870. The molecule has 0 aromatic rings. The Labute approximate surface area is 63.4 Å². The van der Waals surface area contributed by atoms with E-state index in [1.807, 2.05) is 0 Å². The highest BCUT2D eigenvalue weighted by Gasteiger charge is 2.84. The fourth-order valence-electron chi connectivity index (χ4n) is 3.29. The molecule has 0 aromatic heterocycles. The molecule has 0 aromatic carbocycles. The predicted octanol–water partition coefficient (Wildman–Crippen LogP) is 0.296. The maximum absolute atomic E-state index is 11.4. The molecule has 4 bridgehead atoms. The summed E-state index contributed by atoms with van der Waals surface area (Å²) in [5, 5.41) is 8.86. The molecule has 4 fully saturated rings. The zero-order valence-corrected chi connectivity index (χ0v) is 5.91. The first-order valence-electron chi connectivity index (χ1n) is 3.96. The fraction of sp³-hybridized carbons (Fsp3) is 0.750. The van der Waals surface area contributed by atoms with E-state index < -0.39 is 11.4 Å². The Morgan fingerprint density at radius 2 is 2.00 bits per heavy atom. The Morgan fingerprint density at radius 3 is 2.18 bits per heavy atom. The van der Waals surface area contributed by atoms with Crippen LogP contribution in [0.2, 0.25) is 0 Å². The minimum atomic E-state index is -0.870. The van der Waals surface area contributed by atoms with E-state index >= 15 is 0 Å². The Morgan fingerprint density at radius 1 is 1.45 bits per heavy atom. The van der Waals surface area contributed by atoms with Crippen LogP contribution < -0.4 is 0 Å². The van der Waals surface area contributed by atoms with Gasteiger partial charge in [-0.25, -0.2) is 0 Å². The summed E-state index contributed by atoms with van der Waals surface area (Å²) in [6.45, 7) is 0. The summed E-state index contributed by atoms with van der Waals surface area (Å²) in [6, 6.07) is 0. The van der Waals surface area contributed by atoms with Crippen LogP contribution >= 0.6 is 0 Å². The molecule has 0 aliphatic heterocycles. The van der Waals surface area contributed by atoms with E-state index in [1.165, 1.54) is 0 Å². The summed E-state index contributed by atoms with van der Waals surface area (Å²) in [6.07, 6.45) is 1.71. The van der Waals surface area contributed by atoms with Crippen LogP contribution in [0, 0.1) is 23.2 Å². The molecule has 58 valence electrons. The van der Waals surface area contributed by atoms with Gasteiger partial charge in [0.15, 0.2) is 5.78 Å². The topological polar surface area (TPSA) is 54.4 Å². The van der Waals surface area contributed by atoms with Crippen LogP contribution in [-0.2, 0) is 9.59 Å². The molecule has 3 heteroatoms. The van der Waals surface area contributed by atoms with Crippen molar-refractivity contribution < 1.29 is 14.7 Å². The van der Waals surface area contributed by atoms with E-state index in [9.17, 15) is 9.59 Å². The lowest BCUT2D eigenvalue weighted by atomic mass is 10.0. The molecule has 4 saturated carbocycles. The van der Waals surface area contributed by atoms with Gasteiger partial charge < -0.3 is 5.11 Å². The molecule has 0 radical (unpaired) electrons. The third kappa shape index (κ3) is 0.338. The van der Waals surface area contributed by atoms with Gasteiger partial charge in [0.05, 0.1) is 0 Å². The lowest BCUT2D eigenvalue weighted by molar-refractivity contribution is -0.147. The van der Waals surface area contributed by atoms with Gasteiger partial charge in [-0.15, -0.1) is 0 Å². The minimum absolute atomic E-state index is 0.0278. The first-order valence-corrected chi connectivity index (χ1v) is 3.96. The highest BCUT2D eigenvalue weighted by molar-refractivity contribution is 6.12. The molecule has 3 nitrogen and oxygen atoms in total. The van der Waals surface area contributed by atoms with Crippen molar-refractivity contribution in [1.29, 1.82) is 0 Å². The zero-order chi connectivity index (χ0) is 7.80. The Bertz CT molecular complexity index is 269. The number of hydrogen-bond acceptors (Lipinski definition) is 2. The minimum Gasteiger partial charge on any atom is -0.480 e. The average molecular weight is 152 g/mol. The van der Waals surface area contributed by atoms with Crippen molar-refractivity contribution in [3.05, 3.63) is 0 Å². The van der Waals surface area contributed by atoms with Crippen LogP contribution in [0.25, 0.3) is 0 Å². The van der Waals surface area contributed by atoms with Gasteiger partial charge in [0.2, 0.25) is 0 Å². The smallest absolute Gasteiger partial charge is 0.317 e. The zero-order valence-electron chi connectivity index (χ0n) is 5.91. The van der Waals surface area contributed by atoms with E-state index in [0.717, 1.165) is 12.8 Å². The summed E-state index contributed by atoms with van der Waals surface area (Å²) in [4.78, 5) is 22.2. The molecule has 0 heterocycles. The summed E-state index contributed by atoms with van der Waals surface area (Å²) in [7, 11) is 0. The monoisotopic (exact) mass is 152 g/mol. The van der Waals surface area contributed by atoms with E-state index in [-0.39, 0.29) is 23.5 Å². The van der Waals surface area contributed by atoms with Crippen molar-refractivity contribution in [1.82, 2.24) is 0 Å². The highest BCUT2D eigenvalue weighted by Crippen LogP contribution is 2.77. The van der Waals surface area contributed by atoms with Gasteiger partial charge in [0.25, 0.3) is 0 Å². The second kappa shape index (κ2) is 1.24. The van der Waals surface area contributed by atoms with Crippen molar-refractivity contribution in [3.8, 4) is 0 Å². The first-order chi connectivity index (χ1) is 5.19. The Hall–Kier alpha value is -0.860. The van der Waals surface area contributed by atoms with Gasteiger partial charge in [0, 0.05) is 5.92 Å². The molecule has 0 spiro atoms. The first kappa shape index (κ1) is 5.75. The number of aliphatic carboxylic acids is 1. The molecule has 11 heavy (non-hydrogen) atoms. The number of carbonyl (C=O) groups is 2. The maximum atomic E-state index is 11.4. The number of carboxylic acid groups (broad SMARTS) is 1. The number of hydrogen-bond donors (Lipinski definition) is 1. The number of carbonyl (C=O) groups excluding carboxylic acids is 1. The molecule has 0 amide bonds. The quantitative estimate of drug-likeness (QED) is 0.549. The van der Waals surface area contributed by atoms with Gasteiger partial charge in [-0.2, -0.15) is 0 Å². The molecule has 1 N–H and O–H groups in total. The van der Waals surface area contributed by atoms with E-state index in [1.54, 1.807) is 0 Å². The predicted molar refractivity (Wildman–Crippen MR) is 34.8 cm³/mol. The number of ketones is 1. The van der Waals surface area contributed by atoms with Gasteiger partial charge in [-0.1, -0.05) is 0 Å². The fourth-order valence-corrected chi connectivity index (χ4v) is 3.29. The molecule has 0 saturated heterocycles. The number of Topliss-reactive ketones (excluding diaryl/α,β-unsaturated/α-hetero) is 1. The lowest BCUT2D eigenvalue weighted by Gasteiger charge is -2.00. The van der Waals surface area contributed by atoms with Crippen molar-refractivity contribution in [2.24, 2.45) is 23.2 Å². The molecular weight excluding hydrogens is 144 g/mol. The van der Waals surface area contributed by atoms with Gasteiger partial charge in [-0.05, 0) is 24.7 Å². The third-order valence-electron chi connectivity index (χ3n) is 3.76. The van der Waals surface area contributed by atoms with Crippen LogP contribution in [0.4, 0.5) is 0 Å². The van der Waals surface area contributed by atoms with Crippen LogP contribution in [-0.4, -0.2) is 16.9 Å². The van der Waals surface area contributed by atoms with Gasteiger partial charge in [-0.3, -0.25) is 9.59 Å². The summed E-state index contributed by atoms with van der Waals surface area (Å²) in [5.74, 6) is -0.284. The van der Waals surface area contributed by atoms with Crippen molar-refractivity contribution in [2.45, 2.75) is 12.8 Å². The summed E-state index contributed by atoms with van der Waals surface area (Å²) < 4.78 is 0. The normalized spacial score (nSPS) is 56.7. The Balaban J connectivity index is 2.16. The molecule has 2 atom stereocenters. The van der Waals surface area contributed by atoms with Crippen molar-refractivity contribution >= 4 is 11.8 Å². The molecule has 4 rings (SSSR count). The van der Waals surface area contributed by atoms with Gasteiger partial charge >= 0.3 is 5.97 Å². The van der Waals surface area contributed by atoms with Crippen LogP contribution in [0.5, 0.6) is 0 Å². The molecule has 2 unspecified atom stereocenters. The van der Waals surface area contributed by atoms with Crippen LogP contribution in [0.15, 0.2) is 0 Å². The van der Waals surface area contributed by atoms with Gasteiger partial charge in [0.1, 0.15) is 5.41 Å². The summed E-state index contributed by atoms with van der Waals surface area (Å²) >= 11 is 0. The number of rotatable bonds is 1.